The Bertz CT molecular complexity index is 493. The number of halogens is 1. The van der Waals surface area contributed by atoms with Crippen LogP contribution in [0.4, 0.5) is 5.69 Å². The fourth-order valence-electron chi connectivity index (χ4n) is 2.67. The first-order valence-corrected chi connectivity index (χ1v) is 7.57. The van der Waals surface area contributed by atoms with E-state index >= 15 is 0 Å². The van der Waals surface area contributed by atoms with Crippen molar-refractivity contribution in [1.29, 1.82) is 0 Å². The molecule has 0 aromatic heterocycles. The van der Waals surface area contributed by atoms with Crippen molar-refractivity contribution < 1.29 is 4.79 Å². The van der Waals surface area contributed by atoms with Gasteiger partial charge < -0.3 is 10.6 Å². The van der Waals surface area contributed by atoms with Crippen LogP contribution in [0, 0.1) is 18.3 Å². The van der Waals surface area contributed by atoms with E-state index < -0.39 is 0 Å². The lowest BCUT2D eigenvalue weighted by atomic mass is 9.74. The number of nitrogens with one attached hydrogen (secondary N) is 2. The molecule has 1 aromatic rings. The standard InChI is InChI=1S/C16H23ClN2O/c1-11-6-7-13(17)9-14(11)19-15(20)16(2,3)12-5-4-8-18-10-12/h6-7,9,12,18H,4-5,8,10H2,1-3H3,(H,19,20). The zero-order valence-electron chi connectivity index (χ0n) is 12.4. The summed E-state index contributed by atoms with van der Waals surface area (Å²) in [6, 6.07) is 5.57. The number of carbonyl (C=O) groups is 1. The smallest absolute Gasteiger partial charge is 0.230 e. The molecule has 110 valence electrons. The van der Waals surface area contributed by atoms with Gasteiger partial charge in [0.1, 0.15) is 0 Å². The molecule has 2 N–H and O–H groups in total. The molecule has 1 atom stereocenters. The van der Waals surface area contributed by atoms with Gasteiger partial charge in [-0.1, -0.05) is 31.5 Å². The third-order valence-corrected chi connectivity index (χ3v) is 4.59. The minimum absolute atomic E-state index is 0.0663. The molecule has 1 unspecified atom stereocenters. The van der Waals surface area contributed by atoms with Gasteiger partial charge in [-0.3, -0.25) is 4.79 Å². The normalized spacial score (nSPS) is 19.7. The van der Waals surface area contributed by atoms with Gasteiger partial charge in [-0.05, 0) is 56.5 Å². The molecule has 1 aliphatic rings. The molecule has 1 fully saturated rings. The van der Waals surface area contributed by atoms with Gasteiger partial charge in [-0.2, -0.15) is 0 Å². The summed E-state index contributed by atoms with van der Waals surface area (Å²) in [5.41, 5.74) is 1.45. The lowest BCUT2D eigenvalue weighted by Gasteiger charge is -2.36. The Morgan fingerprint density at radius 1 is 1.45 bits per heavy atom. The Balaban J connectivity index is 2.11. The number of hydrogen-bond donors (Lipinski definition) is 2. The number of aryl methyl sites for hydroxylation is 1. The molecular formula is C16H23ClN2O. The lowest BCUT2D eigenvalue weighted by Crippen LogP contribution is -2.44. The predicted molar refractivity (Wildman–Crippen MR) is 84.2 cm³/mol. The molecule has 1 heterocycles. The molecule has 0 saturated carbocycles. The van der Waals surface area contributed by atoms with Crippen molar-refractivity contribution in [1.82, 2.24) is 5.32 Å². The Kier molecular flexibility index (Phi) is 4.71. The molecule has 0 radical (unpaired) electrons. The first-order chi connectivity index (χ1) is 9.41. The molecule has 1 amide bonds. The van der Waals surface area contributed by atoms with E-state index in [4.69, 9.17) is 11.6 Å². The minimum atomic E-state index is -0.387. The van der Waals surface area contributed by atoms with Gasteiger partial charge in [-0.25, -0.2) is 0 Å². The van der Waals surface area contributed by atoms with E-state index in [1.54, 1.807) is 0 Å². The minimum Gasteiger partial charge on any atom is -0.325 e. The average Bonchev–Trinajstić information content (AvgIpc) is 2.43. The molecular weight excluding hydrogens is 272 g/mol. The maximum absolute atomic E-state index is 12.6. The molecule has 1 aromatic carbocycles. The first-order valence-electron chi connectivity index (χ1n) is 7.19. The van der Waals surface area contributed by atoms with E-state index in [1.807, 2.05) is 39.0 Å². The van der Waals surface area contributed by atoms with Crippen LogP contribution in [0.25, 0.3) is 0 Å². The largest absolute Gasteiger partial charge is 0.325 e. The van der Waals surface area contributed by atoms with E-state index in [0.717, 1.165) is 37.2 Å². The number of amides is 1. The SMILES string of the molecule is Cc1ccc(Cl)cc1NC(=O)C(C)(C)C1CCCNC1. The summed E-state index contributed by atoms with van der Waals surface area (Å²) in [5.74, 6) is 0.437. The van der Waals surface area contributed by atoms with Gasteiger partial charge in [0, 0.05) is 16.1 Å². The molecule has 0 aliphatic carbocycles. The summed E-state index contributed by atoms with van der Waals surface area (Å²) >= 11 is 6.00. The Labute approximate surface area is 126 Å². The second-order valence-electron chi connectivity index (χ2n) is 6.18. The van der Waals surface area contributed by atoms with E-state index in [9.17, 15) is 4.79 Å². The molecule has 0 spiro atoms. The number of piperidine rings is 1. The maximum Gasteiger partial charge on any atom is 0.230 e. The van der Waals surface area contributed by atoms with Crippen molar-refractivity contribution in [3.8, 4) is 0 Å². The fourth-order valence-corrected chi connectivity index (χ4v) is 2.84. The zero-order chi connectivity index (χ0) is 14.8. The molecule has 2 rings (SSSR count). The molecule has 20 heavy (non-hydrogen) atoms. The molecule has 1 aliphatic heterocycles. The number of carbonyl (C=O) groups excluding carboxylic acids is 1. The highest BCUT2D eigenvalue weighted by molar-refractivity contribution is 6.31. The summed E-state index contributed by atoms with van der Waals surface area (Å²) in [4.78, 5) is 12.6. The van der Waals surface area contributed by atoms with E-state index in [1.165, 1.54) is 0 Å². The van der Waals surface area contributed by atoms with Crippen molar-refractivity contribution in [2.24, 2.45) is 11.3 Å². The summed E-state index contributed by atoms with van der Waals surface area (Å²) in [7, 11) is 0. The lowest BCUT2D eigenvalue weighted by molar-refractivity contribution is -0.127. The molecule has 1 saturated heterocycles. The summed E-state index contributed by atoms with van der Waals surface area (Å²) < 4.78 is 0. The number of hydrogen-bond acceptors (Lipinski definition) is 2. The van der Waals surface area contributed by atoms with Crippen LogP contribution in [0.3, 0.4) is 0 Å². The second kappa shape index (κ2) is 6.15. The highest BCUT2D eigenvalue weighted by atomic mass is 35.5. The molecule has 0 bridgehead atoms. The molecule has 4 heteroatoms. The third-order valence-electron chi connectivity index (χ3n) is 4.35. The van der Waals surface area contributed by atoms with Crippen LogP contribution in [-0.2, 0) is 4.79 Å². The fraction of sp³-hybridized carbons (Fsp3) is 0.562. The van der Waals surface area contributed by atoms with Gasteiger partial charge in [0.05, 0.1) is 0 Å². The van der Waals surface area contributed by atoms with Crippen molar-refractivity contribution in [2.75, 3.05) is 18.4 Å². The van der Waals surface area contributed by atoms with Gasteiger partial charge in [0.15, 0.2) is 0 Å². The van der Waals surface area contributed by atoms with Crippen molar-refractivity contribution in [3.05, 3.63) is 28.8 Å². The topological polar surface area (TPSA) is 41.1 Å². The Morgan fingerprint density at radius 2 is 2.20 bits per heavy atom. The second-order valence-corrected chi connectivity index (χ2v) is 6.61. The Morgan fingerprint density at radius 3 is 2.85 bits per heavy atom. The van der Waals surface area contributed by atoms with Crippen molar-refractivity contribution >= 4 is 23.2 Å². The van der Waals surface area contributed by atoms with Crippen molar-refractivity contribution in [3.63, 3.8) is 0 Å². The third kappa shape index (κ3) is 3.33. The van der Waals surface area contributed by atoms with Crippen LogP contribution < -0.4 is 10.6 Å². The highest BCUT2D eigenvalue weighted by Crippen LogP contribution is 2.33. The van der Waals surface area contributed by atoms with Crippen LogP contribution >= 0.6 is 11.6 Å². The summed E-state index contributed by atoms with van der Waals surface area (Å²) in [6.07, 6.45) is 2.24. The first kappa shape index (κ1) is 15.3. The van der Waals surface area contributed by atoms with E-state index in [2.05, 4.69) is 10.6 Å². The maximum atomic E-state index is 12.6. The number of rotatable bonds is 3. The van der Waals surface area contributed by atoms with Crippen LogP contribution in [0.2, 0.25) is 5.02 Å². The average molecular weight is 295 g/mol. The summed E-state index contributed by atoms with van der Waals surface area (Å²) in [5, 5.41) is 7.06. The van der Waals surface area contributed by atoms with Gasteiger partial charge in [-0.15, -0.1) is 0 Å². The van der Waals surface area contributed by atoms with Crippen LogP contribution in [0.15, 0.2) is 18.2 Å². The van der Waals surface area contributed by atoms with Gasteiger partial charge in [0.2, 0.25) is 5.91 Å². The number of benzene rings is 1. The Hall–Kier alpha value is -1.06. The van der Waals surface area contributed by atoms with Gasteiger partial charge in [0.25, 0.3) is 0 Å². The van der Waals surface area contributed by atoms with E-state index in [0.29, 0.717) is 10.9 Å². The zero-order valence-corrected chi connectivity index (χ0v) is 13.2. The number of anilines is 1. The quantitative estimate of drug-likeness (QED) is 0.894. The summed E-state index contributed by atoms with van der Waals surface area (Å²) in [6.45, 7) is 8.00. The highest BCUT2D eigenvalue weighted by Gasteiger charge is 2.37. The van der Waals surface area contributed by atoms with Crippen LogP contribution in [-0.4, -0.2) is 19.0 Å². The predicted octanol–water partition coefficient (Wildman–Crippen LogP) is 3.61. The van der Waals surface area contributed by atoms with Crippen molar-refractivity contribution in [2.45, 2.75) is 33.6 Å². The van der Waals surface area contributed by atoms with Crippen LogP contribution in [0.1, 0.15) is 32.3 Å². The van der Waals surface area contributed by atoms with E-state index in [-0.39, 0.29) is 11.3 Å². The van der Waals surface area contributed by atoms with Gasteiger partial charge >= 0.3 is 0 Å². The van der Waals surface area contributed by atoms with Crippen LogP contribution in [0.5, 0.6) is 0 Å². The molecule has 3 nitrogen and oxygen atoms in total. The monoisotopic (exact) mass is 294 g/mol.